The van der Waals surface area contributed by atoms with Gasteiger partial charge in [-0.3, -0.25) is 0 Å². The molecule has 1 aromatic carbocycles. The van der Waals surface area contributed by atoms with Crippen LogP contribution in [-0.2, 0) is 9.53 Å². The molecule has 29 heavy (non-hydrogen) atoms. The number of fused-ring (bicyclic) bond motifs is 1. The van der Waals surface area contributed by atoms with Gasteiger partial charge in [0.05, 0.1) is 33.5 Å². The fraction of sp³-hybridized carbons (Fsp3) is 0.450. The Labute approximate surface area is 169 Å². The summed E-state index contributed by atoms with van der Waals surface area (Å²) in [7, 11) is 4.63. The lowest BCUT2D eigenvalue weighted by molar-refractivity contribution is -0.139. The molecule has 0 bridgehead atoms. The Bertz CT molecular complexity index is 922. The average molecular weight is 402 g/mol. The van der Waals surface area contributed by atoms with Gasteiger partial charge in [-0.1, -0.05) is 13.3 Å². The first kappa shape index (κ1) is 20.5. The molecule has 9 heteroatoms. The lowest BCUT2D eigenvalue weighted by atomic mass is 9.94. The third kappa shape index (κ3) is 3.72. The third-order valence-electron chi connectivity index (χ3n) is 4.77. The molecule has 156 valence electrons. The molecule has 0 saturated carbocycles. The zero-order valence-electron chi connectivity index (χ0n) is 17.3. The molecule has 2 aromatic rings. The molecule has 1 atom stereocenters. The number of hydrogen-bond donors (Lipinski definition) is 1. The maximum absolute atomic E-state index is 13.0. The van der Waals surface area contributed by atoms with Crippen molar-refractivity contribution in [3.63, 3.8) is 0 Å². The van der Waals surface area contributed by atoms with Crippen LogP contribution >= 0.6 is 0 Å². The Morgan fingerprint density at radius 2 is 1.93 bits per heavy atom. The number of ether oxygens (including phenoxy) is 4. The fourth-order valence-corrected chi connectivity index (χ4v) is 3.37. The van der Waals surface area contributed by atoms with Gasteiger partial charge in [0.1, 0.15) is 12.4 Å². The molecule has 1 aliphatic heterocycles. The number of esters is 1. The highest BCUT2D eigenvalue weighted by molar-refractivity contribution is 5.92. The lowest BCUT2D eigenvalue weighted by Gasteiger charge is -2.29. The smallest absolute Gasteiger partial charge is 0.338 e. The van der Waals surface area contributed by atoms with Crippen molar-refractivity contribution in [2.75, 3.05) is 33.3 Å². The number of nitrogens with one attached hydrogen (secondary N) is 1. The second kappa shape index (κ2) is 8.85. The lowest BCUT2D eigenvalue weighted by Crippen LogP contribution is -2.30. The fourth-order valence-electron chi connectivity index (χ4n) is 3.37. The molecule has 1 N–H and O–H groups in total. The standard InChI is InChI=1S/C20H26N4O5/c1-6-7-10-29-19(25)15-12(2)23-20-21-11-22-24(20)16(15)13-8-9-14(26-3)18(28-5)17(13)27-4/h8-9,11,16H,6-7,10H2,1-5H3,(H,21,22,23)/t16-/m0/s1. The first-order valence-corrected chi connectivity index (χ1v) is 9.40. The Kier molecular flexibility index (Phi) is 6.26. The minimum atomic E-state index is -0.599. The maximum atomic E-state index is 13.0. The summed E-state index contributed by atoms with van der Waals surface area (Å²) >= 11 is 0. The number of methoxy groups -OCH3 is 3. The summed E-state index contributed by atoms with van der Waals surface area (Å²) in [6.07, 6.45) is 3.16. The number of nitrogens with zero attached hydrogens (tertiary/aromatic N) is 3. The van der Waals surface area contributed by atoms with Gasteiger partial charge in [-0.25, -0.2) is 9.48 Å². The van der Waals surface area contributed by atoms with E-state index >= 15 is 0 Å². The topological polar surface area (TPSA) is 96.7 Å². The van der Waals surface area contributed by atoms with Gasteiger partial charge in [-0.05, 0) is 25.5 Å². The van der Waals surface area contributed by atoms with Gasteiger partial charge in [-0.2, -0.15) is 10.1 Å². The molecule has 0 spiro atoms. The average Bonchev–Trinajstić information content (AvgIpc) is 3.19. The monoisotopic (exact) mass is 402 g/mol. The number of allylic oxidation sites excluding steroid dienone is 1. The van der Waals surface area contributed by atoms with E-state index in [9.17, 15) is 4.79 Å². The maximum Gasteiger partial charge on any atom is 0.338 e. The summed E-state index contributed by atoms with van der Waals surface area (Å²) in [6.45, 7) is 4.21. The second-order valence-electron chi connectivity index (χ2n) is 6.51. The van der Waals surface area contributed by atoms with E-state index in [0.29, 0.717) is 46.6 Å². The van der Waals surface area contributed by atoms with Crippen molar-refractivity contribution in [2.24, 2.45) is 0 Å². The predicted molar refractivity (Wildman–Crippen MR) is 106 cm³/mol. The minimum absolute atomic E-state index is 0.353. The summed E-state index contributed by atoms with van der Waals surface area (Å²) in [4.78, 5) is 17.2. The highest BCUT2D eigenvalue weighted by Gasteiger charge is 2.37. The molecular weight excluding hydrogens is 376 g/mol. The van der Waals surface area contributed by atoms with E-state index in [1.165, 1.54) is 13.4 Å². The van der Waals surface area contributed by atoms with E-state index in [4.69, 9.17) is 18.9 Å². The zero-order chi connectivity index (χ0) is 21.0. The molecule has 1 aromatic heterocycles. The molecule has 0 fully saturated rings. The van der Waals surface area contributed by atoms with Crippen LogP contribution < -0.4 is 19.5 Å². The highest BCUT2D eigenvalue weighted by Crippen LogP contribution is 2.46. The number of unbranched alkanes of at least 4 members (excludes halogenated alkanes) is 1. The number of hydrogen-bond acceptors (Lipinski definition) is 8. The summed E-state index contributed by atoms with van der Waals surface area (Å²) < 4.78 is 23.7. The largest absolute Gasteiger partial charge is 0.493 e. The molecule has 0 amide bonds. The number of carbonyl (C=O) groups excluding carboxylic acids is 1. The van der Waals surface area contributed by atoms with Crippen LogP contribution in [0.3, 0.4) is 0 Å². The predicted octanol–water partition coefficient (Wildman–Crippen LogP) is 2.94. The van der Waals surface area contributed by atoms with Crippen LogP contribution in [0.2, 0.25) is 0 Å². The first-order chi connectivity index (χ1) is 14.1. The Hall–Kier alpha value is -3.23. The van der Waals surface area contributed by atoms with E-state index in [1.807, 2.05) is 19.9 Å². The Balaban J connectivity index is 2.15. The van der Waals surface area contributed by atoms with E-state index in [0.717, 1.165) is 12.8 Å². The third-order valence-corrected chi connectivity index (χ3v) is 4.77. The summed E-state index contributed by atoms with van der Waals surface area (Å²) in [6, 6.07) is 3.00. The van der Waals surface area contributed by atoms with E-state index in [-0.39, 0.29) is 0 Å². The molecular formula is C20H26N4O5. The van der Waals surface area contributed by atoms with E-state index in [2.05, 4.69) is 15.4 Å². The summed E-state index contributed by atoms with van der Waals surface area (Å²) in [5, 5.41) is 7.45. The van der Waals surface area contributed by atoms with Gasteiger partial charge in [0, 0.05) is 11.3 Å². The minimum Gasteiger partial charge on any atom is -0.493 e. The molecule has 2 heterocycles. The number of aromatic nitrogens is 3. The van der Waals surface area contributed by atoms with Crippen LogP contribution in [0.4, 0.5) is 5.95 Å². The van der Waals surface area contributed by atoms with Crippen LogP contribution in [0.15, 0.2) is 29.7 Å². The Morgan fingerprint density at radius 3 is 2.59 bits per heavy atom. The molecule has 0 saturated heterocycles. The van der Waals surface area contributed by atoms with Gasteiger partial charge in [0.15, 0.2) is 11.5 Å². The quantitative estimate of drug-likeness (QED) is 0.532. The first-order valence-electron chi connectivity index (χ1n) is 9.40. The number of benzene rings is 1. The van der Waals surface area contributed by atoms with Crippen molar-refractivity contribution in [3.05, 3.63) is 35.3 Å². The van der Waals surface area contributed by atoms with Crippen molar-refractivity contribution >= 4 is 11.9 Å². The van der Waals surface area contributed by atoms with Crippen LogP contribution in [0.25, 0.3) is 0 Å². The Morgan fingerprint density at radius 1 is 1.17 bits per heavy atom. The van der Waals surface area contributed by atoms with Gasteiger partial charge in [0.25, 0.3) is 0 Å². The van der Waals surface area contributed by atoms with Crippen molar-refractivity contribution in [2.45, 2.75) is 32.7 Å². The molecule has 0 aliphatic carbocycles. The second-order valence-corrected chi connectivity index (χ2v) is 6.51. The SMILES string of the molecule is CCCCOC(=O)C1=C(C)Nc2ncnn2[C@H]1c1ccc(OC)c(OC)c1OC. The molecule has 3 rings (SSSR count). The van der Waals surface area contributed by atoms with Gasteiger partial charge in [0.2, 0.25) is 11.7 Å². The van der Waals surface area contributed by atoms with Crippen LogP contribution in [0.1, 0.15) is 38.3 Å². The molecule has 9 nitrogen and oxygen atoms in total. The van der Waals surface area contributed by atoms with Crippen molar-refractivity contribution in [3.8, 4) is 17.2 Å². The van der Waals surface area contributed by atoms with Crippen molar-refractivity contribution < 1.29 is 23.7 Å². The van der Waals surface area contributed by atoms with Crippen molar-refractivity contribution in [1.29, 1.82) is 0 Å². The normalized spacial score (nSPS) is 15.4. The molecule has 0 unspecified atom stereocenters. The van der Waals surface area contributed by atoms with Crippen molar-refractivity contribution in [1.82, 2.24) is 14.8 Å². The van der Waals surface area contributed by atoms with Crippen LogP contribution in [-0.4, -0.2) is 48.7 Å². The van der Waals surface area contributed by atoms with Gasteiger partial charge >= 0.3 is 5.97 Å². The summed E-state index contributed by atoms with van der Waals surface area (Å²) in [5.41, 5.74) is 1.76. The van der Waals surface area contributed by atoms with E-state index in [1.54, 1.807) is 25.0 Å². The molecule has 0 radical (unpaired) electrons. The van der Waals surface area contributed by atoms with Gasteiger partial charge < -0.3 is 24.3 Å². The highest BCUT2D eigenvalue weighted by atomic mass is 16.5. The molecule has 1 aliphatic rings. The van der Waals surface area contributed by atoms with E-state index < -0.39 is 12.0 Å². The zero-order valence-corrected chi connectivity index (χ0v) is 17.3. The van der Waals surface area contributed by atoms with Crippen LogP contribution in [0.5, 0.6) is 17.2 Å². The van der Waals surface area contributed by atoms with Crippen LogP contribution in [0, 0.1) is 0 Å². The van der Waals surface area contributed by atoms with Gasteiger partial charge in [-0.15, -0.1) is 0 Å². The number of rotatable bonds is 8. The number of carbonyl (C=O) groups is 1. The number of anilines is 1. The summed E-state index contributed by atoms with van der Waals surface area (Å²) in [5.74, 6) is 1.52.